The Morgan fingerprint density at radius 1 is 1.26 bits per heavy atom. The molecule has 1 aliphatic carbocycles. The predicted molar refractivity (Wildman–Crippen MR) is 95.4 cm³/mol. The fraction of sp³-hybridized carbons (Fsp3) is 0.444. The van der Waals surface area contributed by atoms with Crippen LogP contribution in [0.3, 0.4) is 0 Å². The maximum atomic E-state index is 10.3. The van der Waals surface area contributed by atoms with E-state index in [2.05, 4.69) is 24.0 Å². The molecule has 1 fully saturated rings. The van der Waals surface area contributed by atoms with E-state index in [0.29, 0.717) is 24.2 Å². The summed E-state index contributed by atoms with van der Waals surface area (Å²) in [5, 5.41) is 11.0. The van der Waals surface area contributed by atoms with E-state index in [1.165, 1.54) is 22.6 Å². The van der Waals surface area contributed by atoms with E-state index in [4.69, 9.17) is 16.3 Å². The number of aliphatic hydroxyl groups is 1. The van der Waals surface area contributed by atoms with Crippen molar-refractivity contribution in [1.82, 2.24) is 4.90 Å². The zero-order valence-corrected chi connectivity index (χ0v) is 14.8. The van der Waals surface area contributed by atoms with Crippen molar-refractivity contribution >= 4 is 22.9 Å². The number of nitrogens with zero attached hydrogens (tertiary/aromatic N) is 1. The molecule has 124 valence electrons. The minimum absolute atomic E-state index is 0.300. The highest BCUT2D eigenvalue weighted by molar-refractivity contribution is 7.11. The number of benzene rings is 1. The number of aryl methyl sites for hydroxylation is 1. The number of rotatable bonds is 8. The van der Waals surface area contributed by atoms with Crippen LogP contribution in [0, 0.1) is 6.92 Å². The maximum Gasteiger partial charge on any atom is 0.119 e. The number of hydrogen-bond donors (Lipinski definition) is 1. The summed E-state index contributed by atoms with van der Waals surface area (Å²) in [4.78, 5) is 5.07. The van der Waals surface area contributed by atoms with Gasteiger partial charge in [0.2, 0.25) is 0 Å². The summed E-state index contributed by atoms with van der Waals surface area (Å²) in [6, 6.07) is 12.2. The highest BCUT2D eigenvalue weighted by atomic mass is 35.5. The number of hydrogen-bond acceptors (Lipinski definition) is 4. The zero-order chi connectivity index (χ0) is 16.2. The van der Waals surface area contributed by atoms with Crippen LogP contribution in [0.2, 0.25) is 5.02 Å². The molecule has 1 aliphatic rings. The van der Waals surface area contributed by atoms with Gasteiger partial charge < -0.3 is 9.84 Å². The second kappa shape index (κ2) is 7.67. The smallest absolute Gasteiger partial charge is 0.119 e. The molecule has 23 heavy (non-hydrogen) atoms. The first-order valence-corrected chi connectivity index (χ1v) is 9.15. The quantitative estimate of drug-likeness (QED) is 0.776. The third-order valence-corrected chi connectivity index (χ3v) is 5.16. The first-order chi connectivity index (χ1) is 11.1. The van der Waals surface area contributed by atoms with Crippen LogP contribution in [0.15, 0.2) is 36.4 Å². The van der Waals surface area contributed by atoms with Gasteiger partial charge in [0, 0.05) is 33.9 Å². The molecule has 0 saturated heterocycles. The third-order valence-electron chi connectivity index (χ3n) is 3.92. The first-order valence-electron chi connectivity index (χ1n) is 7.96. The van der Waals surface area contributed by atoms with Gasteiger partial charge in [-0.3, -0.25) is 4.90 Å². The van der Waals surface area contributed by atoms with Crippen LogP contribution in [-0.4, -0.2) is 35.3 Å². The van der Waals surface area contributed by atoms with Gasteiger partial charge in [-0.25, -0.2) is 0 Å². The van der Waals surface area contributed by atoms with Gasteiger partial charge in [-0.2, -0.15) is 0 Å². The Morgan fingerprint density at radius 2 is 2.00 bits per heavy atom. The summed E-state index contributed by atoms with van der Waals surface area (Å²) >= 11 is 7.69. The van der Waals surface area contributed by atoms with Crippen LogP contribution >= 0.6 is 22.9 Å². The summed E-state index contributed by atoms with van der Waals surface area (Å²) in [5.74, 6) is 0.736. The van der Waals surface area contributed by atoms with Crippen LogP contribution in [0.25, 0.3) is 0 Å². The molecule has 1 unspecified atom stereocenters. The highest BCUT2D eigenvalue weighted by Crippen LogP contribution is 2.30. The summed E-state index contributed by atoms with van der Waals surface area (Å²) in [6.07, 6.45) is 1.97. The monoisotopic (exact) mass is 351 g/mol. The molecule has 2 aromatic rings. The lowest BCUT2D eigenvalue weighted by molar-refractivity contribution is 0.0630. The molecule has 3 nitrogen and oxygen atoms in total. The Kier molecular flexibility index (Phi) is 5.59. The van der Waals surface area contributed by atoms with Crippen LogP contribution in [0.4, 0.5) is 0 Å². The largest absolute Gasteiger partial charge is 0.491 e. The summed E-state index contributed by atoms with van der Waals surface area (Å²) in [7, 11) is 0. The SMILES string of the molecule is Cc1ccc(CN(CC(O)COc2ccc(Cl)cc2)C2CC2)s1. The average Bonchev–Trinajstić information content (AvgIpc) is 3.30. The molecule has 1 atom stereocenters. The van der Waals surface area contributed by atoms with E-state index in [1.54, 1.807) is 12.1 Å². The Bertz CT molecular complexity index is 624. The zero-order valence-electron chi connectivity index (χ0n) is 13.2. The fourth-order valence-corrected chi connectivity index (χ4v) is 3.64. The number of halogens is 1. The second-order valence-electron chi connectivity index (χ2n) is 6.09. The molecule has 3 rings (SSSR count). The predicted octanol–water partition coefficient (Wildman–Crippen LogP) is 4.11. The summed E-state index contributed by atoms with van der Waals surface area (Å²) in [5.41, 5.74) is 0. The van der Waals surface area contributed by atoms with Crippen LogP contribution in [-0.2, 0) is 6.54 Å². The third kappa shape index (κ3) is 5.21. The lowest BCUT2D eigenvalue weighted by Gasteiger charge is -2.24. The van der Waals surface area contributed by atoms with Crippen molar-refractivity contribution in [3.8, 4) is 5.75 Å². The van der Waals surface area contributed by atoms with Gasteiger partial charge in [0.25, 0.3) is 0 Å². The molecule has 0 bridgehead atoms. The van der Waals surface area contributed by atoms with Gasteiger partial charge in [0.05, 0.1) is 0 Å². The molecular weight excluding hydrogens is 330 g/mol. The van der Waals surface area contributed by atoms with E-state index >= 15 is 0 Å². The number of aliphatic hydroxyl groups excluding tert-OH is 1. The van der Waals surface area contributed by atoms with Crippen molar-refractivity contribution in [3.63, 3.8) is 0 Å². The topological polar surface area (TPSA) is 32.7 Å². The number of ether oxygens (including phenoxy) is 1. The van der Waals surface area contributed by atoms with Crippen molar-refractivity contribution in [2.75, 3.05) is 13.2 Å². The maximum absolute atomic E-state index is 10.3. The Labute approximate surface area is 146 Å². The molecule has 5 heteroatoms. The summed E-state index contributed by atoms with van der Waals surface area (Å²) < 4.78 is 5.65. The molecule has 0 radical (unpaired) electrons. The molecule has 1 aromatic carbocycles. The van der Waals surface area contributed by atoms with Crippen molar-refractivity contribution in [3.05, 3.63) is 51.2 Å². The van der Waals surface area contributed by atoms with E-state index in [9.17, 15) is 5.11 Å². The van der Waals surface area contributed by atoms with Crippen LogP contribution in [0.5, 0.6) is 5.75 Å². The van der Waals surface area contributed by atoms with Crippen molar-refractivity contribution in [2.24, 2.45) is 0 Å². The Hall–Kier alpha value is -1.07. The van der Waals surface area contributed by atoms with Gasteiger partial charge in [0.1, 0.15) is 18.5 Å². The van der Waals surface area contributed by atoms with Crippen molar-refractivity contribution in [2.45, 2.75) is 38.5 Å². The van der Waals surface area contributed by atoms with Gasteiger partial charge in [-0.15, -0.1) is 11.3 Å². The first kappa shape index (κ1) is 16.8. The van der Waals surface area contributed by atoms with E-state index in [1.807, 2.05) is 23.5 Å². The molecule has 0 amide bonds. The minimum atomic E-state index is -0.493. The van der Waals surface area contributed by atoms with E-state index in [0.717, 1.165) is 12.3 Å². The summed E-state index contributed by atoms with van der Waals surface area (Å²) in [6.45, 7) is 4.00. The molecule has 1 saturated carbocycles. The average molecular weight is 352 g/mol. The van der Waals surface area contributed by atoms with Crippen molar-refractivity contribution < 1.29 is 9.84 Å². The van der Waals surface area contributed by atoms with E-state index in [-0.39, 0.29) is 0 Å². The number of thiophene rings is 1. The van der Waals surface area contributed by atoms with Crippen LogP contribution in [0.1, 0.15) is 22.6 Å². The lowest BCUT2D eigenvalue weighted by atomic mass is 10.3. The molecule has 1 heterocycles. The standard InChI is InChI=1S/C18H22ClNO2S/c1-13-2-9-18(23-13)11-20(15-5-6-15)10-16(21)12-22-17-7-3-14(19)4-8-17/h2-4,7-9,15-16,21H,5-6,10-12H2,1H3. The van der Waals surface area contributed by atoms with E-state index < -0.39 is 6.10 Å². The fourth-order valence-electron chi connectivity index (χ4n) is 2.60. The van der Waals surface area contributed by atoms with Gasteiger partial charge in [-0.05, 0) is 56.2 Å². The van der Waals surface area contributed by atoms with Gasteiger partial charge in [-0.1, -0.05) is 11.6 Å². The highest BCUT2D eigenvalue weighted by Gasteiger charge is 2.30. The normalized spacial score (nSPS) is 15.8. The van der Waals surface area contributed by atoms with Crippen molar-refractivity contribution in [1.29, 1.82) is 0 Å². The minimum Gasteiger partial charge on any atom is -0.491 e. The van der Waals surface area contributed by atoms with Crippen LogP contribution < -0.4 is 4.74 Å². The Morgan fingerprint density at radius 3 is 2.61 bits per heavy atom. The molecule has 1 N–H and O–H groups in total. The molecule has 0 aliphatic heterocycles. The molecular formula is C18H22ClNO2S. The second-order valence-corrected chi connectivity index (χ2v) is 7.90. The molecule has 0 spiro atoms. The van der Waals surface area contributed by atoms with Gasteiger partial charge in [0.15, 0.2) is 0 Å². The Balaban J connectivity index is 1.49. The lowest BCUT2D eigenvalue weighted by Crippen LogP contribution is -2.36. The van der Waals surface area contributed by atoms with Gasteiger partial charge >= 0.3 is 0 Å². The molecule has 1 aromatic heterocycles.